The SMILES string of the molecule is CN(C)Cc1cc(C2CCN(C(=O)CCn3c(=O)oc4ccccc43)CC2)n[nH]1. The molecule has 1 aliphatic heterocycles. The minimum Gasteiger partial charge on any atom is -0.408 e. The van der Waals surface area contributed by atoms with Gasteiger partial charge in [0.05, 0.1) is 11.2 Å². The van der Waals surface area contributed by atoms with E-state index in [1.165, 1.54) is 4.57 Å². The molecule has 1 N–H and O–H groups in total. The van der Waals surface area contributed by atoms with Gasteiger partial charge in [-0.3, -0.25) is 14.5 Å². The fourth-order valence-electron chi connectivity index (χ4n) is 4.03. The summed E-state index contributed by atoms with van der Waals surface area (Å²) in [4.78, 5) is 28.7. The van der Waals surface area contributed by atoms with Gasteiger partial charge in [0, 0.05) is 44.2 Å². The molecule has 8 nitrogen and oxygen atoms in total. The van der Waals surface area contributed by atoms with E-state index in [0.29, 0.717) is 24.5 Å². The number of hydrogen-bond donors (Lipinski definition) is 1. The number of aromatic nitrogens is 3. The van der Waals surface area contributed by atoms with Crippen LogP contribution in [-0.2, 0) is 17.9 Å². The van der Waals surface area contributed by atoms with Crippen LogP contribution in [0.4, 0.5) is 0 Å². The molecule has 0 unspecified atom stereocenters. The molecule has 1 fully saturated rings. The number of nitrogens with one attached hydrogen (secondary N) is 1. The summed E-state index contributed by atoms with van der Waals surface area (Å²) >= 11 is 0. The van der Waals surface area contributed by atoms with Gasteiger partial charge in [-0.1, -0.05) is 12.1 Å². The van der Waals surface area contributed by atoms with E-state index >= 15 is 0 Å². The Bertz CT molecular complexity index is 1040. The van der Waals surface area contributed by atoms with Crippen LogP contribution >= 0.6 is 0 Å². The second kappa shape index (κ2) is 8.24. The van der Waals surface area contributed by atoms with E-state index in [4.69, 9.17) is 4.42 Å². The first-order valence-corrected chi connectivity index (χ1v) is 10.1. The fraction of sp³-hybridized carbons (Fsp3) is 0.476. The summed E-state index contributed by atoms with van der Waals surface area (Å²) in [6.45, 7) is 2.62. The average molecular weight is 397 g/mol. The average Bonchev–Trinajstić information content (AvgIpc) is 3.29. The predicted molar refractivity (Wildman–Crippen MR) is 110 cm³/mol. The second-order valence-corrected chi connectivity index (χ2v) is 7.95. The number of benzene rings is 1. The molecule has 4 rings (SSSR count). The standard InChI is InChI=1S/C21H27N5O3/c1-24(2)14-16-13-17(23-22-16)15-7-10-25(11-8-15)20(27)9-12-26-18-5-3-4-6-19(18)29-21(26)28/h3-6,13,15H,7-12,14H2,1-2H3,(H,22,23). The summed E-state index contributed by atoms with van der Waals surface area (Å²) in [6.07, 6.45) is 2.11. The van der Waals surface area contributed by atoms with Gasteiger partial charge in [-0.15, -0.1) is 0 Å². The minimum atomic E-state index is -0.412. The Morgan fingerprint density at radius 3 is 2.79 bits per heavy atom. The molecule has 2 aromatic heterocycles. The highest BCUT2D eigenvalue weighted by atomic mass is 16.4. The number of rotatable bonds is 6. The first-order valence-electron chi connectivity index (χ1n) is 10.1. The summed E-state index contributed by atoms with van der Waals surface area (Å²) in [5, 5.41) is 7.58. The van der Waals surface area contributed by atoms with E-state index in [-0.39, 0.29) is 5.91 Å². The minimum absolute atomic E-state index is 0.0796. The molecule has 0 bridgehead atoms. The predicted octanol–water partition coefficient (Wildman–Crippen LogP) is 2.18. The Hall–Kier alpha value is -2.87. The van der Waals surface area contributed by atoms with Crippen molar-refractivity contribution in [1.82, 2.24) is 24.6 Å². The van der Waals surface area contributed by atoms with E-state index < -0.39 is 5.76 Å². The van der Waals surface area contributed by atoms with E-state index in [1.54, 1.807) is 6.07 Å². The monoisotopic (exact) mass is 397 g/mol. The maximum absolute atomic E-state index is 12.7. The van der Waals surface area contributed by atoms with Gasteiger partial charge in [-0.25, -0.2) is 4.79 Å². The first-order chi connectivity index (χ1) is 14.0. The highest BCUT2D eigenvalue weighted by Crippen LogP contribution is 2.27. The maximum Gasteiger partial charge on any atom is 0.419 e. The number of nitrogens with zero attached hydrogens (tertiary/aromatic N) is 4. The van der Waals surface area contributed by atoms with Crippen molar-refractivity contribution in [2.75, 3.05) is 27.2 Å². The Morgan fingerprint density at radius 1 is 1.28 bits per heavy atom. The Kier molecular flexibility index (Phi) is 5.53. The molecule has 29 heavy (non-hydrogen) atoms. The molecule has 8 heteroatoms. The van der Waals surface area contributed by atoms with Gasteiger partial charge in [-0.2, -0.15) is 5.10 Å². The molecule has 154 valence electrons. The van der Waals surface area contributed by atoms with Crippen molar-refractivity contribution in [2.24, 2.45) is 0 Å². The summed E-state index contributed by atoms with van der Waals surface area (Å²) in [5.41, 5.74) is 3.49. The molecular weight excluding hydrogens is 370 g/mol. The Balaban J connectivity index is 1.31. The zero-order valence-corrected chi connectivity index (χ0v) is 16.9. The highest BCUT2D eigenvalue weighted by molar-refractivity contribution is 5.77. The number of carbonyl (C=O) groups excluding carboxylic acids is 1. The van der Waals surface area contributed by atoms with Crippen LogP contribution in [0.3, 0.4) is 0 Å². The summed E-state index contributed by atoms with van der Waals surface area (Å²) in [7, 11) is 4.07. The number of H-pyrrole nitrogens is 1. The number of oxazole rings is 1. The number of para-hydroxylation sites is 2. The number of likely N-dealkylation sites (tertiary alicyclic amines) is 1. The second-order valence-electron chi connectivity index (χ2n) is 7.95. The number of amides is 1. The zero-order valence-electron chi connectivity index (χ0n) is 16.9. The third-order valence-electron chi connectivity index (χ3n) is 5.53. The van der Waals surface area contributed by atoms with Gasteiger partial charge in [0.1, 0.15) is 0 Å². The number of aromatic amines is 1. The topological polar surface area (TPSA) is 87.4 Å². The number of piperidine rings is 1. The molecule has 0 atom stereocenters. The van der Waals surface area contributed by atoms with Crippen LogP contribution in [0.2, 0.25) is 0 Å². The molecule has 0 aliphatic carbocycles. The van der Waals surface area contributed by atoms with Crippen LogP contribution in [0.1, 0.15) is 36.6 Å². The largest absolute Gasteiger partial charge is 0.419 e. The molecule has 0 saturated carbocycles. The number of aryl methyl sites for hydroxylation is 1. The van der Waals surface area contributed by atoms with Crippen LogP contribution in [0.25, 0.3) is 11.1 Å². The molecule has 3 heterocycles. The van der Waals surface area contributed by atoms with Crippen molar-refractivity contribution in [1.29, 1.82) is 0 Å². The van der Waals surface area contributed by atoms with Crippen LogP contribution < -0.4 is 5.76 Å². The normalized spacial score (nSPS) is 15.5. The lowest BCUT2D eigenvalue weighted by Crippen LogP contribution is -2.38. The fourth-order valence-corrected chi connectivity index (χ4v) is 4.03. The van der Waals surface area contributed by atoms with Crippen molar-refractivity contribution >= 4 is 17.0 Å². The van der Waals surface area contributed by atoms with Crippen molar-refractivity contribution < 1.29 is 9.21 Å². The van der Waals surface area contributed by atoms with Gasteiger partial charge in [0.25, 0.3) is 0 Å². The number of fused-ring (bicyclic) bond motifs is 1. The lowest BCUT2D eigenvalue weighted by molar-refractivity contribution is -0.132. The quantitative estimate of drug-likeness (QED) is 0.689. The van der Waals surface area contributed by atoms with Gasteiger partial charge >= 0.3 is 5.76 Å². The molecular formula is C21H27N5O3. The summed E-state index contributed by atoms with van der Waals surface area (Å²) in [6, 6.07) is 9.43. The zero-order chi connectivity index (χ0) is 20.4. The van der Waals surface area contributed by atoms with E-state index in [9.17, 15) is 9.59 Å². The number of hydrogen-bond acceptors (Lipinski definition) is 5. The van der Waals surface area contributed by atoms with E-state index in [2.05, 4.69) is 21.2 Å². The third-order valence-corrected chi connectivity index (χ3v) is 5.53. The lowest BCUT2D eigenvalue weighted by atomic mass is 9.93. The van der Waals surface area contributed by atoms with Crippen molar-refractivity contribution in [3.05, 3.63) is 52.3 Å². The molecule has 1 aromatic carbocycles. The van der Waals surface area contributed by atoms with Crippen molar-refractivity contribution in [3.8, 4) is 0 Å². The summed E-state index contributed by atoms with van der Waals surface area (Å²) < 4.78 is 6.77. The Morgan fingerprint density at radius 2 is 2.03 bits per heavy atom. The van der Waals surface area contributed by atoms with Crippen LogP contribution in [0.5, 0.6) is 0 Å². The van der Waals surface area contributed by atoms with Crippen molar-refractivity contribution in [3.63, 3.8) is 0 Å². The van der Waals surface area contributed by atoms with Gasteiger partial charge < -0.3 is 14.2 Å². The van der Waals surface area contributed by atoms with Crippen molar-refractivity contribution in [2.45, 2.75) is 38.3 Å². The molecule has 1 amide bonds. The molecule has 0 radical (unpaired) electrons. The Labute approximate surface area is 169 Å². The molecule has 0 spiro atoms. The number of carbonyl (C=O) groups is 1. The van der Waals surface area contributed by atoms with Crippen LogP contribution in [0.15, 0.2) is 39.5 Å². The van der Waals surface area contributed by atoms with E-state index in [1.807, 2.05) is 37.2 Å². The molecule has 3 aromatic rings. The van der Waals surface area contributed by atoms with Gasteiger partial charge in [0.2, 0.25) is 5.91 Å². The van der Waals surface area contributed by atoms with Gasteiger partial charge in [-0.05, 0) is 45.1 Å². The third kappa shape index (κ3) is 4.27. The summed E-state index contributed by atoms with van der Waals surface area (Å²) in [5.74, 6) is 0.0485. The van der Waals surface area contributed by atoms with Gasteiger partial charge in [0.15, 0.2) is 5.58 Å². The smallest absolute Gasteiger partial charge is 0.408 e. The van der Waals surface area contributed by atoms with Crippen LogP contribution in [0, 0.1) is 0 Å². The first kappa shape index (κ1) is 19.4. The maximum atomic E-state index is 12.7. The molecule has 1 aliphatic rings. The van der Waals surface area contributed by atoms with Crippen LogP contribution in [-0.4, -0.2) is 57.7 Å². The molecule has 1 saturated heterocycles. The lowest BCUT2D eigenvalue weighted by Gasteiger charge is -2.31. The van der Waals surface area contributed by atoms with E-state index in [0.717, 1.165) is 49.4 Å². The highest BCUT2D eigenvalue weighted by Gasteiger charge is 2.25.